The summed E-state index contributed by atoms with van der Waals surface area (Å²) in [6, 6.07) is 3.49. The average molecular weight is 317 g/mol. The molecule has 2 amide bonds. The number of pyridine rings is 1. The minimum Gasteiger partial charge on any atom is -0.366 e. The fourth-order valence-corrected chi connectivity index (χ4v) is 3.12. The molecule has 7 nitrogen and oxygen atoms in total. The number of aromatic nitrogens is 3. The summed E-state index contributed by atoms with van der Waals surface area (Å²) in [5.74, 6) is 1.01. The van der Waals surface area contributed by atoms with Crippen molar-refractivity contribution in [3.8, 4) is 0 Å². The van der Waals surface area contributed by atoms with Crippen LogP contribution >= 0.6 is 11.6 Å². The molecule has 2 bridgehead atoms. The van der Waals surface area contributed by atoms with Crippen LogP contribution in [0.3, 0.4) is 0 Å². The molecule has 2 aromatic rings. The number of hydrogen-bond acceptors (Lipinski definition) is 5. The lowest BCUT2D eigenvalue weighted by atomic mass is 10.2. The lowest BCUT2D eigenvalue weighted by molar-refractivity contribution is 0.254. The van der Waals surface area contributed by atoms with Gasteiger partial charge in [0.15, 0.2) is 11.6 Å². The molecule has 4 rings (SSSR count). The third kappa shape index (κ3) is 2.14. The fraction of sp³-hybridized carbons (Fsp3) is 0.286. The normalized spacial score (nSPS) is 19.0. The molecule has 1 fully saturated rings. The first-order chi connectivity index (χ1) is 10.7. The van der Waals surface area contributed by atoms with Crippen LogP contribution in [0.15, 0.2) is 30.7 Å². The van der Waals surface area contributed by atoms with E-state index in [-0.39, 0.29) is 12.1 Å². The maximum Gasteiger partial charge on any atom is 0.329 e. The zero-order valence-electron chi connectivity index (χ0n) is 11.6. The Labute approximate surface area is 131 Å². The van der Waals surface area contributed by atoms with Gasteiger partial charge in [-0.15, -0.1) is 0 Å². The summed E-state index contributed by atoms with van der Waals surface area (Å²) in [6.07, 6.45) is 5.51. The van der Waals surface area contributed by atoms with E-state index in [1.165, 1.54) is 12.4 Å². The van der Waals surface area contributed by atoms with E-state index in [1.54, 1.807) is 17.2 Å². The smallest absolute Gasteiger partial charge is 0.329 e. The summed E-state index contributed by atoms with van der Waals surface area (Å²) in [5, 5.41) is 3.14. The minimum absolute atomic E-state index is 0.0927. The largest absolute Gasteiger partial charge is 0.366 e. The molecule has 4 heterocycles. The van der Waals surface area contributed by atoms with Gasteiger partial charge in [-0.2, -0.15) is 0 Å². The maximum absolute atomic E-state index is 12.7. The van der Waals surface area contributed by atoms with Crippen molar-refractivity contribution in [2.75, 3.05) is 28.2 Å². The van der Waals surface area contributed by atoms with Crippen molar-refractivity contribution in [3.63, 3.8) is 0 Å². The highest BCUT2D eigenvalue weighted by atomic mass is 35.5. The molecule has 0 aliphatic carbocycles. The van der Waals surface area contributed by atoms with Crippen molar-refractivity contribution >= 4 is 35.0 Å². The third-order valence-electron chi connectivity index (χ3n) is 3.93. The van der Waals surface area contributed by atoms with E-state index < -0.39 is 0 Å². The molecule has 1 saturated heterocycles. The summed E-state index contributed by atoms with van der Waals surface area (Å²) in [5.41, 5.74) is 0.937. The van der Waals surface area contributed by atoms with Crippen molar-refractivity contribution in [2.45, 2.75) is 12.5 Å². The number of anilines is 3. The molecule has 8 heteroatoms. The molecule has 0 spiro atoms. The highest BCUT2D eigenvalue weighted by molar-refractivity contribution is 6.29. The van der Waals surface area contributed by atoms with Crippen LogP contribution in [-0.2, 0) is 0 Å². The Kier molecular flexibility index (Phi) is 3.07. The Balaban J connectivity index is 1.69. The quantitative estimate of drug-likeness (QED) is 0.816. The first-order valence-electron chi connectivity index (χ1n) is 7.00. The number of rotatable bonds is 1. The molecule has 2 aromatic heterocycles. The summed E-state index contributed by atoms with van der Waals surface area (Å²) in [4.78, 5) is 29.0. The van der Waals surface area contributed by atoms with Crippen LogP contribution in [0.1, 0.15) is 6.42 Å². The van der Waals surface area contributed by atoms with Crippen molar-refractivity contribution in [1.29, 1.82) is 0 Å². The van der Waals surface area contributed by atoms with Gasteiger partial charge >= 0.3 is 6.03 Å². The van der Waals surface area contributed by atoms with Crippen LogP contribution in [-0.4, -0.2) is 40.1 Å². The molecule has 1 N–H and O–H groups in total. The Morgan fingerprint density at radius 3 is 3.09 bits per heavy atom. The Morgan fingerprint density at radius 1 is 1.36 bits per heavy atom. The van der Waals surface area contributed by atoms with E-state index in [2.05, 4.69) is 25.2 Å². The summed E-state index contributed by atoms with van der Waals surface area (Å²) >= 11 is 6.01. The van der Waals surface area contributed by atoms with Crippen LogP contribution < -0.4 is 15.1 Å². The fourth-order valence-electron chi connectivity index (χ4n) is 2.98. The molecule has 1 atom stereocenters. The Bertz CT molecular complexity index is 725. The molecule has 0 unspecified atom stereocenters. The second kappa shape index (κ2) is 5.10. The molecule has 22 heavy (non-hydrogen) atoms. The molecule has 0 radical (unpaired) electrons. The number of hydrogen-bond donors (Lipinski definition) is 1. The molecule has 2 aliphatic rings. The lowest BCUT2D eigenvalue weighted by Gasteiger charge is -2.35. The highest BCUT2D eigenvalue weighted by Crippen LogP contribution is 2.39. The lowest BCUT2D eigenvalue weighted by Crippen LogP contribution is -2.48. The molecule has 0 saturated carbocycles. The van der Waals surface area contributed by atoms with E-state index in [9.17, 15) is 4.79 Å². The van der Waals surface area contributed by atoms with Gasteiger partial charge in [-0.05, 0) is 18.6 Å². The van der Waals surface area contributed by atoms with Gasteiger partial charge < -0.3 is 4.90 Å². The number of carbonyl (C=O) groups is 1. The van der Waals surface area contributed by atoms with E-state index in [0.717, 1.165) is 25.2 Å². The monoisotopic (exact) mass is 316 g/mol. The van der Waals surface area contributed by atoms with E-state index >= 15 is 0 Å². The Hall–Kier alpha value is -2.41. The van der Waals surface area contributed by atoms with Crippen LogP contribution in [0.4, 0.5) is 22.1 Å². The molecule has 2 aliphatic heterocycles. The van der Waals surface area contributed by atoms with E-state index in [4.69, 9.17) is 11.6 Å². The van der Waals surface area contributed by atoms with Gasteiger partial charge in [0.2, 0.25) is 0 Å². The van der Waals surface area contributed by atoms with Gasteiger partial charge in [0.25, 0.3) is 0 Å². The zero-order chi connectivity index (χ0) is 15.1. The summed E-state index contributed by atoms with van der Waals surface area (Å²) in [7, 11) is 0. The van der Waals surface area contributed by atoms with Gasteiger partial charge in [0, 0.05) is 25.5 Å². The summed E-state index contributed by atoms with van der Waals surface area (Å²) in [6.45, 7) is 1.72. The molecule has 0 aromatic carbocycles. The van der Waals surface area contributed by atoms with E-state index in [0.29, 0.717) is 16.8 Å². The first-order valence-corrected chi connectivity index (χ1v) is 7.38. The minimum atomic E-state index is -0.261. The predicted molar refractivity (Wildman–Crippen MR) is 83.4 cm³/mol. The first kappa shape index (κ1) is 13.3. The van der Waals surface area contributed by atoms with Crippen LogP contribution in [0, 0.1) is 0 Å². The van der Waals surface area contributed by atoms with Crippen LogP contribution in [0.5, 0.6) is 0 Å². The van der Waals surface area contributed by atoms with Crippen LogP contribution in [0.25, 0.3) is 0 Å². The van der Waals surface area contributed by atoms with Crippen molar-refractivity contribution < 1.29 is 4.79 Å². The zero-order valence-corrected chi connectivity index (χ0v) is 12.4. The second-order valence-electron chi connectivity index (χ2n) is 5.26. The molecular weight excluding hydrogens is 304 g/mol. The maximum atomic E-state index is 12.7. The number of nitrogens with one attached hydrogen (secondary N) is 1. The predicted octanol–water partition coefficient (Wildman–Crippen LogP) is 2.16. The second-order valence-corrected chi connectivity index (χ2v) is 5.64. The molecular formula is C14H13ClN6O. The number of carbonyl (C=O) groups excluding carboxylic acids is 1. The number of halogens is 1. The van der Waals surface area contributed by atoms with Crippen LogP contribution in [0.2, 0.25) is 5.15 Å². The SMILES string of the molecule is O=C(Nc1cnccn1)N1c2nc(Cl)ccc2N2CC[C@@H]1C2. The standard InChI is InChI=1S/C14H13ClN6O/c15-11-2-1-10-13(18-11)21(9-3-6-20(10)8-9)14(22)19-12-7-16-4-5-17-12/h1-2,4-5,7,9H,3,6,8H2,(H,17,19,22)/t9-/m1/s1. The van der Waals surface area contributed by atoms with Gasteiger partial charge in [0.1, 0.15) is 5.15 Å². The third-order valence-corrected chi connectivity index (χ3v) is 4.15. The van der Waals surface area contributed by atoms with E-state index in [1.807, 2.05) is 6.07 Å². The van der Waals surface area contributed by atoms with Gasteiger partial charge in [0.05, 0.1) is 17.9 Å². The summed E-state index contributed by atoms with van der Waals surface area (Å²) < 4.78 is 0. The van der Waals surface area contributed by atoms with Gasteiger partial charge in [-0.25, -0.2) is 14.8 Å². The molecule has 112 valence electrons. The van der Waals surface area contributed by atoms with Crippen molar-refractivity contribution in [3.05, 3.63) is 35.9 Å². The number of urea groups is 1. The van der Waals surface area contributed by atoms with Crippen molar-refractivity contribution in [1.82, 2.24) is 15.0 Å². The average Bonchev–Trinajstić information content (AvgIpc) is 2.93. The number of amides is 2. The number of fused-ring (bicyclic) bond motifs is 4. The number of nitrogens with zero attached hydrogens (tertiary/aromatic N) is 5. The van der Waals surface area contributed by atoms with Gasteiger partial charge in [-0.1, -0.05) is 11.6 Å². The Morgan fingerprint density at radius 2 is 2.27 bits per heavy atom. The van der Waals surface area contributed by atoms with Gasteiger partial charge in [-0.3, -0.25) is 15.2 Å². The van der Waals surface area contributed by atoms with Crippen molar-refractivity contribution in [2.24, 2.45) is 0 Å². The highest BCUT2D eigenvalue weighted by Gasteiger charge is 2.40. The topological polar surface area (TPSA) is 74.2 Å².